The molecule has 0 radical (unpaired) electrons. The molecule has 1 unspecified atom stereocenters. The van der Waals surface area contributed by atoms with Gasteiger partial charge in [0.2, 0.25) is 11.9 Å². The highest BCUT2D eigenvalue weighted by Gasteiger charge is 2.41. The first-order valence-corrected chi connectivity index (χ1v) is 23.4. The van der Waals surface area contributed by atoms with Crippen molar-refractivity contribution in [2.75, 3.05) is 56.2 Å². The van der Waals surface area contributed by atoms with Crippen LogP contribution in [-0.4, -0.2) is 105 Å². The van der Waals surface area contributed by atoms with Crippen molar-refractivity contribution >= 4 is 62.6 Å². The Labute approximate surface area is 381 Å². The SMILES string of the molecule is COc1ccc(C(=O)NC2(C)CCN(C3CCN(c4nc(C(CO)(CC(C)C)c5cccs5)c5cc(-c6cn(C)c(=O)c7[nH]ccc67)ccc5n4)CC3)CC2)cc1N1CCC(=O)NC1=O. The normalized spacial score (nSPS) is 18.3. The predicted molar refractivity (Wildman–Crippen MR) is 254 cm³/mol. The Morgan fingerprint density at radius 1 is 1.02 bits per heavy atom. The second kappa shape index (κ2) is 17.7. The van der Waals surface area contributed by atoms with Crippen molar-refractivity contribution < 1.29 is 24.2 Å². The molecule has 3 aliphatic rings. The number of fused-ring (bicyclic) bond motifs is 2. The van der Waals surface area contributed by atoms with Crippen molar-refractivity contribution in [1.82, 2.24) is 35.1 Å². The zero-order valence-corrected chi connectivity index (χ0v) is 38.5. The van der Waals surface area contributed by atoms with Crippen molar-refractivity contribution in [3.8, 4) is 16.9 Å². The highest BCUT2D eigenvalue weighted by molar-refractivity contribution is 7.10. The number of H-pyrrole nitrogens is 1. The number of urea groups is 1. The zero-order valence-electron chi connectivity index (χ0n) is 37.6. The van der Waals surface area contributed by atoms with Gasteiger partial charge in [0.25, 0.3) is 11.5 Å². The van der Waals surface area contributed by atoms with E-state index in [9.17, 15) is 24.3 Å². The summed E-state index contributed by atoms with van der Waals surface area (Å²) in [5.41, 5.74) is 3.63. The minimum absolute atomic E-state index is 0.0858. The largest absolute Gasteiger partial charge is 0.495 e. The van der Waals surface area contributed by atoms with Gasteiger partial charge in [0.15, 0.2) is 0 Å². The molecule has 1 atom stereocenters. The van der Waals surface area contributed by atoms with Crippen LogP contribution in [0.1, 0.15) is 80.2 Å². The fourth-order valence-electron chi connectivity index (χ4n) is 10.2. The first-order chi connectivity index (χ1) is 31.3. The molecular formula is C49H57N9O6S. The average Bonchev–Trinajstić information content (AvgIpc) is 4.04. The number of hydrogen-bond donors (Lipinski definition) is 4. The van der Waals surface area contributed by atoms with Crippen molar-refractivity contribution in [3.05, 3.63) is 98.9 Å². The molecule has 6 aromatic rings. The van der Waals surface area contributed by atoms with E-state index in [0.29, 0.717) is 40.9 Å². The van der Waals surface area contributed by atoms with E-state index in [-0.39, 0.29) is 42.9 Å². The molecule has 4 aromatic heterocycles. The molecule has 0 saturated carbocycles. The van der Waals surface area contributed by atoms with Crippen LogP contribution in [0.4, 0.5) is 16.4 Å². The maximum absolute atomic E-state index is 13.7. The molecule has 3 fully saturated rings. The zero-order chi connectivity index (χ0) is 45.6. The number of aliphatic hydroxyl groups excluding tert-OH is 1. The molecule has 4 amide bonds. The minimum Gasteiger partial charge on any atom is -0.495 e. The smallest absolute Gasteiger partial charge is 0.328 e. The number of hydrogen-bond acceptors (Lipinski definition) is 11. The van der Waals surface area contributed by atoms with E-state index in [4.69, 9.17) is 14.7 Å². The summed E-state index contributed by atoms with van der Waals surface area (Å²) in [7, 11) is 3.28. The number of aromatic amines is 1. The van der Waals surface area contributed by atoms with Gasteiger partial charge >= 0.3 is 6.03 Å². The number of nitrogens with zero attached hydrogens (tertiary/aromatic N) is 6. The molecule has 0 spiro atoms. The number of aryl methyl sites for hydroxylation is 1. The molecule has 65 heavy (non-hydrogen) atoms. The van der Waals surface area contributed by atoms with Crippen LogP contribution in [0.5, 0.6) is 5.75 Å². The van der Waals surface area contributed by atoms with E-state index in [2.05, 4.69) is 75.8 Å². The van der Waals surface area contributed by atoms with Gasteiger partial charge in [-0.3, -0.25) is 24.6 Å². The van der Waals surface area contributed by atoms with Crippen molar-refractivity contribution in [3.63, 3.8) is 0 Å². The Hall–Kier alpha value is -6.10. The lowest BCUT2D eigenvalue weighted by atomic mass is 9.75. The number of aliphatic hydroxyl groups is 1. The lowest BCUT2D eigenvalue weighted by molar-refractivity contribution is -0.120. The van der Waals surface area contributed by atoms with E-state index in [0.717, 1.165) is 89.8 Å². The van der Waals surface area contributed by atoms with Crippen LogP contribution in [0.15, 0.2) is 77.2 Å². The fraction of sp³-hybridized carbons (Fsp3) is 0.429. The van der Waals surface area contributed by atoms with Gasteiger partial charge < -0.3 is 34.5 Å². The van der Waals surface area contributed by atoms with E-state index in [1.165, 1.54) is 12.0 Å². The van der Waals surface area contributed by atoms with Crippen LogP contribution in [0.25, 0.3) is 32.9 Å². The Kier molecular flexibility index (Phi) is 12.0. The molecule has 15 nitrogen and oxygen atoms in total. The van der Waals surface area contributed by atoms with Gasteiger partial charge in [0, 0.05) is 96.9 Å². The number of nitrogens with one attached hydrogen (secondary N) is 3. The number of benzene rings is 2. The summed E-state index contributed by atoms with van der Waals surface area (Å²) in [6.07, 6.45) is 7.98. The van der Waals surface area contributed by atoms with Crippen molar-refractivity contribution in [2.45, 2.75) is 76.3 Å². The number of piperidine rings is 2. The minimum atomic E-state index is -0.765. The number of likely N-dealkylation sites (tertiary alicyclic amines) is 1. The molecule has 3 saturated heterocycles. The maximum Gasteiger partial charge on any atom is 0.328 e. The summed E-state index contributed by atoms with van der Waals surface area (Å²) in [5, 5.41) is 21.0. The van der Waals surface area contributed by atoms with Gasteiger partial charge in [-0.05, 0) is 98.4 Å². The highest BCUT2D eigenvalue weighted by Crippen LogP contribution is 2.44. The summed E-state index contributed by atoms with van der Waals surface area (Å²) in [6.45, 7) is 9.80. The number of carbonyl (C=O) groups is 3. The molecular weight excluding hydrogens is 843 g/mol. The van der Waals surface area contributed by atoms with Crippen LogP contribution in [0.3, 0.4) is 0 Å². The summed E-state index contributed by atoms with van der Waals surface area (Å²) >= 11 is 1.64. The van der Waals surface area contributed by atoms with Crippen molar-refractivity contribution in [2.24, 2.45) is 13.0 Å². The average molecular weight is 900 g/mol. The first-order valence-electron chi connectivity index (χ1n) is 22.5. The molecule has 3 aliphatic heterocycles. The Balaban J connectivity index is 0.930. The topological polar surface area (TPSA) is 178 Å². The molecule has 16 heteroatoms. The quantitative estimate of drug-likeness (QED) is 0.105. The molecule has 4 N–H and O–H groups in total. The number of methoxy groups -OCH3 is 1. The number of rotatable bonds is 12. The number of ether oxygens (including phenoxy) is 1. The first kappa shape index (κ1) is 44.1. The predicted octanol–water partition coefficient (Wildman–Crippen LogP) is 6.57. The number of aromatic nitrogens is 4. The Morgan fingerprint density at radius 2 is 1.80 bits per heavy atom. The summed E-state index contributed by atoms with van der Waals surface area (Å²) < 4.78 is 7.11. The van der Waals surface area contributed by atoms with Gasteiger partial charge in [0.05, 0.1) is 36.0 Å². The van der Waals surface area contributed by atoms with E-state index in [1.54, 1.807) is 47.3 Å². The third-order valence-corrected chi connectivity index (χ3v) is 14.8. The van der Waals surface area contributed by atoms with Crippen LogP contribution in [-0.2, 0) is 17.3 Å². The second-order valence-electron chi connectivity index (χ2n) is 18.6. The standard InChI is InChI=1S/C49H57N9O6S/c1-30(2)27-49(29-59,40-7-6-24-65-40)43-35-25-31(36-28-55(4)45(62)42-34(36)12-18-50-42)8-10-37(35)51-46(53-43)57-19-13-33(14-20-57)56-22-16-48(3,17-23-56)54-44(61)32-9-11-39(64-5)38(26-32)58-21-15-41(60)52-47(58)63/h6-12,18,24-26,28,30,33,50,59H,13-17,19-23,27,29H2,1-5H3,(H,54,61)(H,52,60,63). The molecule has 7 heterocycles. The van der Waals surface area contributed by atoms with Crippen LogP contribution < -0.4 is 30.7 Å². The second-order valence-corrected chi connectivity index (χ2v) is 19.5. The number of imide groups is 1. The Morgan fingerprint density at radius 3 is 2.49 bits per heavy atom. The van der Waals surface area contributed by atoms with E-state index < -0.39 is 17.0 Å². The Bertz CT molecular complexity index is 2820. The summed E-state index contributed by atoms with van der Waals surface area (Å²) in [5.74, 6) is 0.817. The number of pyridine rings is 1. The van der Waals surface area contributed by atoms with Gasteiger partial charge in [-0.2, -0.15) is 0 Å². The lowest BCUT2D eigenvalue weighted by Crippen LogP contribution is -2.56. The van der Waals surface area contributed by atoms with Crippen LogP contribution in [0, 0.1) is 5.92 Å². The number of amides is 4. The molecule has 0 aliphatic carbocycles. The summed E-state index contributed by atoms with van der Waals surface area (Å²) in [4.78, 5) is 72.3. The van der Waals surface area contributed by atoms with Crippen molar-refractivity contribution in [1.29, 1.82) is 0 Å². The molecule has 340 valence electrons. The van der Waals surface area contributed by atoms with E-state index in [1.807, 2.05) is 18.3 Å². The van der Waals surface area contributed by atoms with Gasteiger partial charge in [-0.25, -0.2) is 14.8 Å². The summed E-state index contributed by atoms with van der Waals surface area (Å²) in [6, 6.07) is 17.2. The molecule has 2 aromatic carbocycles. The van der Waals surface area contributed by atoms with Gasteiger partial charge in [-0.15, -0.1) is 11.3 Å². The number of carbonyl (C=O) groups excluding carboxylic acids is 3. The number of thiophene rings is 1. The van der Waals surface area contributed by atoms with E-state index >= 15 is 0 Å². The van der Waals surface area contributed by atoms with Gasteiger partial charge in [0.1, 0.15) is 11.3 Å². The third-order valence-electron chi connectivity index (χ3n) is 13.7. The van der Waals surface area contributed by atoms with Crippen LogP contribution >= 0.6 is 11.3 Å². The molecule has 0 bridgehead atoms. The number of anilines is 2. The molecule has 9 rings (SSSR count). The van der Waals surface area contributed by atoms with Crippen LogP contribution in [0.2, 0.25) is 0 Å². The monoisotopic (exact) mass is 899 g/mol. The third kappa shape index (κ3) is 8.38. The van der Waals surface area contributed by atoms with Gasteiger partial charge in [-0.1, -0.05) is 26.0 Å². The maximum atomic E-state index is 13.7. The fourth-order valence-corrected chi connectivity index (χ4v) is 11.1. The lowest BCUT2D eigenvalue weighted by Gasteiger charge is -2.45. The highest BCUT2D eigenvalue weighted by atomic mass is 32.1.